The highest BCUT2D eigenvalue weighted by atomic mass is 16.7. The topological polar surface area (TPSA) is 231 Å². The molecule has 0 aromatic carbocycles. The molecule has 15 nitrogen and oxygen atoms in total. The van der Waals surface area contributed by atoms with Gasteiger partial charge in [0.2, 0.25) is 0 Å². The Bertz CT molecular complexity index is 1690. The van der Waals surface area contributed by atoms with Crippen LogP contribution in [0.5, 0.6) is 0 Å². The zero-order valence-electron chi connectivity index (χ0n) is 39.8. The Morgan fingerprint density at radius 1 is 0.485 bits per heavy atom. The fourth-order valence-electron chi connectivity index (χ4n) is 6.39. The van der Waals surface area contributed by atoms with Gasteiger partial charge in [0.15, 0.2) is 18.7 Å². The molecule has 380 valence electrons. The van der Waals surface area contributed by atoms with Crippen LogP contribution in [0, 0.1) is 0 Å². The first-order valence-corrected chi connectivity index (χ1v) is 23.8. The highest BCUT2D eigenvalue weighted by molar-refractivity contribution is 5.70. The lowest BCUT2D eigenvalue weighted by Gasteiger charge is -2.42. The van der Waals surface area contributed by atoms with Crippen molar-refractivity contribution in [3.63, 3.8) is 0 Å². The predicted molar refractivity (Wildman–Crippen MR) is 260 cm³/mol. The van der Waals surface area contributed by atoms with Crippen LogP contribution < -0.4 is 0 Å². The van der Waals surface area contributed by atoms with Crippen LogP contribution in [-0.2, 0) is 38.0 Å². The van der Waals surface area contributed by atoms with E-state index >= 15 is 0 Å². The first kappa shape index (κ1) is 59.8. The minimum absolute atomic E-state index is 0.0436. The maximum atomic E-state index is 12.9. The number of aliphatic hydroxyl groups excluding tert-OH is 7. The number of ether oxygens (including phenoxy) is 6. The molecule has 0 amide bonds. The summed E-state index contributed by atoms with van der Waals surface area (Å²) in [4.78, 5) is 25.6. The molecular formula is C53H78O15. The lowest BCUT2D eigenvalue weighted by Crippen LogP contribution is -2.61. The lowest BCUT2D eigenvalue weighted by molar-refractivity contribution is -0.332. The van der Waals surface area contributed by atoms with Crippen LogP contribution in [0.2, 0.25) is 0 Å². The standard InChI is InChI=1S/C53H78O15/c1-3-5-7-9-11-13-15-17-18-19-20-21-22-24-25-27-29-31-33-35-44(55)63-38-41(66-45(56)36-34-32-30-28-26-23-16-14-12-10-8-6-4-2)39-64-52-51(62)49(60)47(58)43(68-52)40-65-53-50(61)48(59)46(57)42(37-54)67-53/h5-8,10-14,16-18,20-21,23-26,28-31,41-43,46-54,57-62H,3-4,9,15,19,22,27,32-40H2,1-2H3/b7-5+,8-6+,12-10+,13-11+,16-14+,18-17+,21-20+,25-24+,26-23+,30-28+,31-29+/t41?,42-,43-,46+,47+,48?,49?,50?,51?,52-,53-/m1/s1. The molecule has 7 N–H and O–H groups in total. The first-order chi connectivity index (χ1) is 33.0. The van der Waals surface area contributed by atoms with Gasteiger partial charge in [-0.05, 0) is 64.2 Å². The molecule has 2 saturated heterocycles. The molecule has 0 spiro atoms. The largest absolute Gasteiger partial charge is 0.462 e. The number of allylic oxidation sites excluding steroid dienone is 22. The lowest BCUT2D eigenvalue weighted by atomic mass is 9.98. The summed E-state index contributed by atoms with van der Waals surface area (Å²) in [5.74, 6) is -1.13. The van der Waals surface area contributed by atoms with Crippen LogP contribution >= 0.6 is 0 Å². The molecule has 0 aromatic heterocycles. The number of carbonyl (C=O) groups excluding carboxylic acids is 2. The second-order valence-electron chi connectivity index (χ2n) is 15.9. The average Bonchev–Trinajstić information content (AvgIpc) is 3.33. The fraction of sp³-hybridized carbons (Fsp3) is 0.547. The van der Waals surface area contributed by atoms with Gasteiger partial charge in [-0.3, -0.25) is 9.59 Å². The minimum atomic E-state index is -1.80. The SMILES string of the molecule is CC/C=C/C=C/C=C/C=C/C=C/CCCC(=O)OC(COC(=O)CC/C=C/C/C=C/C/C=C/C/C=C/C/C=C/C/C=C/CC)CO[C@@H]1O[C@H](CO[C@@H]2O[C@H](CO)[C@H](O)C(O)C2O)[C@H](O)C(O)C1O. The first-order valence-electron chi connectivity index (χ1n) is 23.8. The van der Waals surface area contributed by atoms with E-state index < -0.39 is 99.3 Å². The third kappa shape index (κ3) is 26.4. The highest BCUT2D eigenvalue weighted by Crippen LogP contribution is 2.26. The van der Waals surface area contributed by atoms with Crippen molar-refractivity contribution in [3.05, 3.63) is 134 Å². The maximum absolute atomic E-state index is 12.9. The van der Waals surface area contributed by atoms with E-state index in [-0.39, 0.29) is 19.4 Å². The van der Waals surface area contributed by atoms with E-state index in [4.69, 9.17) is 28.4 Å². The second kappa shape index (κ2) is 38.5. The Morgan fingerprint density at radius 3 is 1.50 bits per heavy atom. The average molecular weight is 955 g/mol. The number of aliphatic hydroxyl groups is 7. The van der Waals surface area contributed by atoms with Crippen molar-refractivity contribution in [2.45, 2.75) is 158 Å². The smallest absolute Gasteiger partial charge is 0.306 e. The van der Waals surface area contributed by atoms with Crippen LogP contribution in [0.25, 0.3) is 0 Å². The molecule has 0 saturated carbocycles. The summed E-state index contributed by atoms with van der Waals surface area (Å²) >= 11 is 0. The van der Waals surface area contributed by atoms with Gasteiger partial charge in [-0.2, -0.15) is 0 Å². The molecular weight excluding hydrogens is 877 g/mol. The van der Waals surface area contributed by atoms with E-state index in [0.717, 1.165) is 38.5 Å². The zero-order chi connectivity index (χ0) is 49.6. The van der Waals surface area contributed by atoms with Crippen LogP contribution in [0.15, 0.2) is 134 Å². The van der Waals surface area contributed by atoms with Crippen molar-refractivity contribution < 1.29 is 73.8 Å². The molecule has 2 fully saturated rings. The van der Waals surface area contributed by atoms with Crippen molar-refractivity contribution in [1.29, 1.82) is 0 Å². The summed E-state index contributed by atoms with van der Waals surface area (Å²) in [6.07, 6.45) is 35.2. The van der Waals surface area contributed by atoms with Crippen molar-refractivity contribution in [1.82, 2.24) is 0 Å². The van der Waals surface area contributed by atoms with E-state index in [0.29, 0.717) is 25.7 Å². The Hall–Kier alpha value is -4.36. The fourth-order valence-corrected chi connectivity index (χ4v) is 6.39. The van der Waals surface area contributed by atoms with Crippen molar-refractivity contribution in [2.75, 3.05) is 26.4 Å². The van der Waals surface area contributed by atoms with Gasteiger partial charge in [-0.15, -0.1) is 0 Å². The van der Waals surface area contributed by atoms with Gasteiger partial charge in [0.05, 0.1) is 19.8 Å². The minimum Gasteiger partial charge on any atom is -0.462 e. The van der Waals surface area contributed by atoms with E-state index in [1.807, 2.05) is 72.9 Å². The molecule has 0 aromatic rings. The van der Waals surface area contributed by atoms with Gasteiger partial charge in [0, 0.05) is 12.8 Å². The molecule has 2 heterocycles. The van der Waals surface area contributed by atoms with Crippen LogP contribution in [-0.4, -0.2) is 142 Å². The van der Waals surface area contributed by atoms with E-state index in [9.17, 15) is 45.3 Å². The van der Waals surface area contributed by atoms with Gasteiger partial charge in [-0.1, -0.05) is 148 Å². The quantitative estimate of drug-likeness (QED) is 0.0175. The normalized spacial score (nSPS) is 27.0. The molecule has 5 unspecified atom stereocenters. The van der Waals surface area contributed by atoms with Crippen LogP contribution in [0.4, 0.5) is 0 Å². The van der Waals surface area contributed by atoms with Crippen LogP contribution in [0.1, 0.15) is 90.9 Å². The predicted octanol–water partition coefficient (Wildman–Crippen LogP) is 5.92. The summed E-state index contributed by atoms with van der Waals surface area (Å²) < 4.78 is 33.3. The number of carbonyl (C=O) groups is 2. The number of hydrogen-bond acceptors (Lipinski definition) is 15. The van der Waals surface area contributed by atoms with Crippen LogP contribution in [0.3, 0.4) is 0 Å². The number of rotatable bonds is 33. The Kier molecular flexibility index (Phi) is 33.8. The summed E-state index contributed by atoms with van der Waals surface area (Å²) in [6.45, 7) is 2.12. The summed E-state index contributed by atoms with van der Waals surface area (Å²) in [6, 6.07) is 0. The molecule has 11 atom stereocenters. The molecule has 2 aliphatic heterocycles. The molecule has 2 rings (SSSR count). The summed E-state index contributed by atoms with van der Waals surface area (Å²) in [5.41, 5.74) is 0. The monoisotopic (exact) mass is 955 g/mol. The third-order valence-corrected chi connectivity index (χ3v) is 10.3. The third-order valence-electron chi connectivity index (χ3n) is 10.3. The molecule has 15 heteroatoms. The van der Waals surface area contributed by atoms with Gasteiger partial charge in [0.1, 0.15) is 55.4 Å². The number of esters is 2. The molecule has 0 aliphatic carbocycles. The molecule has 0 radical (unpaired) electrons. The van der Waals surface area contributed by atoms with Gasteiger partial charge < -0.3 is 64.2 Å². The number of unbranched alkanes of at least 4 members (excludes halogenated alkanes) is 1. The Morgan fingerprint density at radius 2 is 0.956 bits per heavy atom. The van der Waals surface area contributed by atoms with Crippen molar-refractivity contribution in [3.8, 4) is 0 Å². The van der Waals surface area contributed by atoms with Gasteiger partial charge >= 0.3 is 11.9 Å². The zero-order valence-corrected chi connectivity index (χ0v) is 39.8. The van der Waals surface area contributed by atoms with Gasteiger partial charge in [0.25, 0.3) is 0 Å². The Balaban J connectivity index is 1.90. The van der Waals surface area contributed by atoms with Crippen molar-refractivity contribution in [2.24, 2.45) is 0 Å². The van der Waals surface area contributed by atoms with Crippen molar-refractivity contribution >= 4 is 11.9 Å². The highest BCUT2D eigenvalue weighted by Gasteiger charge is 2.47. The van der Waals surface area contributed by atoms with Gasteiger partial charge in [-0.25, -0.2) is 0 Å². The summed E-state index contributed by atoms with van der Waals surface area (Å²) in [7, 11) is 0. The summed E-state index contributed by atoms with van der Waals surface area (Å²) in [5, 5.41) is 71.9. The van der Waals surface area contributed by atoms with E-state index in [1.165, 1.54) is 0 Å². The second-order valence-corrected chi connectivity index (χ2v) is 15.9. The molecule has 68 heavy (non-hydrogen) atoms. The Labute approximate surface area is 403 Å². The molecule has 2 aliphatic rings. The van der Waals surface area contributed by atoms with E-state index in [2.05, 4.69) is 74.6 Å². The maximum Gasteiger partial charge on any atom is 0.306 e. The molecule has 0 bridgehead atoms. The van der Waals surface area contributed by atoms with E-state index in [1.54, 1.807) is 0 Å². The number of hydrogen-bond donors (Lipinski definition) is 7.